The number of nitrogens with two attached hydrogens (primary N) is 1. The van der Waals surface area contributed by atoms with Crippen LogP contribution in [0.1, 0.15) is 16.5 Å². The van der Waals surface area contributed by atoms with E-state index in [1.807, 2.05) is 0 Å². The van der Waals surface area contributed by atoms with E-state index in [1.54, 1.807) is 11.3 Å². The summed E-state index contributed by atoms with van der Waals surface area (Å²) < 4.78 is 1.17. The normalized spacial score (nSPS) is 15.8. The zero-order chi connectivity index (χ0) is 12.5. The zero-order valence-corrected chi connectivity index (χ0v) is 12.4. The van der Waals surface area contributed by atoms with Crippen molar-refractivity contribution >= 4 is 33.0 Å². The third kappa shape index (κ3) is 1.98. The van der Waals surface area contributed by atoms with Crippen LogP contribution in [0.4, 0.5) is 5.69 Å². The van der Waals surface area contributed by atoms with Crippen molar-refractivity contribution in [1.82, 2.24) is 0 Å². The Balaban J connectivity index is 1.98. The molecular weight excluding hydrogens is 308 g/mol. The smallest absolute Gasteiger partial charge is 0.0768 e. The summed E-state index contributed by atoms with van der Waals surface area (Å²) in [5, 5.41) is 2.12. The summed E-state index contributed by atoms with van der Waals surface area (Å²) in [6, 6.07) is 11.0. The molecule has 1 aromatic heterocycles. The van der Waals surface area contributed by atoms with Gasteiger partial charge in [-0.25, -0.2) is 0 Å². The number of benzene rings is 1. The third-order valence-corrected chi connectivity index (χ3v) is 5.44. The van der Waals surface area contributed by atoms with Crippen molar-refractivity contribution in [3.05, 3.63) is 50.6 Å². The molecule has 2 N–H and O–H groups in total. The first-order valence-corrected chi connectivity index (χ1v) is 7.76. The monoisotopic (exact) mass is 322 g/mol. The lowest BCUT2D eigenvalue weighted by atomic mass is 10.1. The van der Waals surface area contributed by atoms with Gasteiger partial charge < -0.3 is 10.6 Å². The first kappa shape index (κ1) is 12.2. The molecule has 94 valence electrons. The van der Waals surface area contributed by atoms with Gasteiger partial charge in [0.1, 0.15) is 0 Å². The summed E-state index contributed by atoms with van der Waals surface area (Å²) in [6.45, 7) is 1.71. The minimum atomic E-state index is 0.281. The van der Waals surface area contributed by atoms with Gasteiger partial charge in [0.15, 0.2) is 0 Å². The Kier molecular flexibility index (Phi) is 3.41. The van der Waals surface area contributed by atoms with Crippen LogP contribution in [0.5, 0.6) is 0 Å². The first-order chi connectivity index (χ1) is 8.81. The molecule has 0 fully saturated rings. The fraction of sp³-hybridized carbons (Fsp3) is 0.286. The number of fused-ring (bicyclic) bond motifs is 1. The van der Waals surface area contributed by atoms with E-state index in [4.69, 9.17) is 5.73 Å². The second-order valence-corrected chi connectivity index (χ2v) is 6.26. The Morgan fingerprint density at radius 3 is 2.89 bits per heavy atom. The molecule has 18 heavy (non-hydrogen) atoms. The molecule has 0 saturated carbocycles. The van der Waals surface area contributed by atoms with Crippen LogP contribution in [-0.4, -0.2) is 13.1 Å². The number of anilines is 1. The Morgan fingerprint density at radius 2 is 2.17 bits per heavy atom. The minimum absolute atomic E-state index is 0.281. The van der Waals surface area contributed by atoms with E-state index in [9.17, 15) is 0 Å². The van der Waals surface area contributed by atoms with Crippen molar-refractivity contribution in [2.24, 2.45) is 5.73 Å². The largest absolute Gasteiger partial charge is 0.362 e. The molecule has 1 aromatic carbocycles. The minimum Gasteiger partial charge on any atom is -0.362 e. The summed E-state index contributed by atoms with van der Waals surface area (Å²) in [4.78, 5) is 3.76. The molecule has 0 aliphatic carbocycles. The Morgan fingerprint density at radius 1 is 1.33 bits per heavy atom. The molecule has 0 bridgehead atoms. The number of hydrogen-bond acceptors (Lipinski definition) is 3. The van der Waals surface area contributed by atoms with Crippen LogP contribution in [0.3, 0.4) is 0 Å². The standard InChI is InChI=1S/C14H15BrN2S/c15-11-6-8-18-14(11)13(9-16)17-7-5-10-3-1-2-4-12(10)17/h1-4,6,8,13H,5,7,9,16H2. The molecule has 1 unspecified atom stereocenters. The average Bonchev–Trinajstić information content (AvgIpc) is 2.99. The number of nitrogens with zero attached hydrogens (tertiary/aromatic N) is 1. The maximum Gasteiger partial charge on any atom is 0.0768 e. The first-order valence-electron chi connectivity index (χ1n) is 6.08. The molecule has 1 aliphatic rings. The van der Waals surface area contributed by atoms with Gasteiger partial charge in [0.25, 0.3) is 0 Å². The van der Waals surface area contributed by atoms with Gasteiger partial charge in [-0.3, -0.25) is 0 Å². The molecule has 2 heterocycles. The van der Waals surface area contributed by atoms with Crippen molar-refractivity contribution in [3.63, 3.8) is 0 Å². The van der Waals surface area contributed by atoms with Gasteiger partial charge in [-0.1, -0.05) is 18.2 Å². The predicted molar refractivity (Wildman–Crippen MR) is 81.3 cm³/mol. The molecule has 0 spiro atoms. The number of thiophene rings is 1. The van der Waals surface area contributed by atoms with Crippen LogP contribution >= 0.6 is 27.3 Å². The van der Waals surface area contributed by atoms with E-state index in [0.29, 0.717) is 6.54 Å². The van der Waals surface area contributed by atoms with E-state index in [1.165, 1.54) is 20.6 Å². The topological polar surface area (TPSA) is 29.3 Å². The summed E-state index contributed by atoms with van der Waals surface area (Å²) in [7, 11) is 0. The fourth-order valence-electron chi connectivity index (χ4n) is 2.61. The maximum absolute atomic E-state index is 6.01. The summed E-state index contributed by atoms with van der Waals surface area (Å²) >= 11 is 5.40. The Labute approximate surface area is 120 Å². The van der Waals surface area contributed by atoms with Crippen LogP contribution in [0.2, 0.25) is 0 Å². The van der Waals surface area contributed by atoms with Gasteiger partial charge in [-0.15, -0.1) is 11.3 Å². The van der Waals surface area contributed by atoms with E-state index in [2.05, 4.69) is 56.5 Å². The molecule has 3 rings (SSSR count). The lowest BCUT2D eigenvalue weighted by Crippen LogP contribution is -2.32. The summed E-state index contributed by atoms with van der Waals surface area (Å²) in [5.41, 5.74) is 8.79. The van der Waals surface area contributed by atoms with Crippen LogP contribution in [-0.2, 0) is 6.42 Å². The maximum atomic E-state index is 6.01. The van der Waals surface area contributed by atoms with Crippen molar-refractivity contribution in [3.8, 4) is 0 Å². The van der Waals surface area contributed by atoms with Crippen LogP contribution in [0, 0.1) is 0 Å². The van der Waals surface area contributed by atoms with Crippen LogP contribution in [0.25, 0.3) is 0 Å². The summed E-state index contributed by atoms with van der Waals surface area (Å²) in [6.07, 6.45) is 1.12. The molecule has 0 radical (unpaired) electrons. The fourth-order valence-corrected chi connectivity index (χ4v) is 4.37. The van der Waals surface area contributed by atoms with E-state index in [-0.39, 0.29) is 6.04 Å². The Hall–Kier alpha value is -0.840. The number of para-hydroxylation sites is 1. The second-order valence-electron chi connectivity index (χ2n) is 4.46. The molecule has 4 heteroatoms. The highest BCUT2D eigenvalue weighted by atomic mass is 79.9. The number of rotatable bonds is 3. The molecule has 1 atom stereocenters. The van der Waals surface area contributed by atoms with Crippen molar-refractivity contribution in [2.45, 2.75) is 12.5 Å². The highest BCUT2D eigenvalue weighted by Gasteiger charge is 2.27. The van der Waals surface area contributed by atoms with Crippen molar-refractivity contribution in [2.75, 3.05) is 18.0 Å². The molecule has 1 aliphatic heterocycles. The summed E-state index contributed by atoms with van der Waals surface area (Å²) in [5.74, 6) is 0. The number of hydrogen-bond donors (Lipinski definition) is 1. The third-order valence-electron chi connectivity index (χ3n) is 3.47. The SMILES string of the molecule is NCC(c1sccc1Br)N1CCc2ccccc21. The van der Waals surface area contributed by atoms with Gasteiger partial charge in [0, 0.05) is 28.1 Å². The quantitative estimate of drug-likeness (QED) is 0.936. The lowest BCUT2D eigenvalue weighted by molar-refractivity contribution is 0.657. The van der Waals surface area contributed by atoms with Gasteiger partial charge in [0.2, 0.25) is 0 Å². The van der Waals surface area contributed by atoms with E-state index in [0.717, 1.165) is 13.0 Å². The van der Waals surface area contributed by atoms with E-state index >= 15 is 0 Å². The molecular formula is C14H15BrN2S. The van der Waals surface area contributed by atoms with Crippen molar-refractivity contribution in [1.29, 1.82) is 0 Å². The Bertz CT molecular complexity index is 552. The van der Waals surface area contributed by atoms with Gasteiger partial charge in [-0.05, 0) is 45.4 Å². The van der Waals surface area contributed by atoms with Gasteiger partial charge >= 0.3 is 0 Å². The molecule has 2 nitrogen and oxygen atoms in total. The van der Waals surface area contributed by atoms with Crippen LogP contribution < -0.4 is 10.6 Å². The zero-order valence-electron chi connectivity index (χ0n) is 9.97. The van der Waals surface area contributed by atoms with Gasteiger partial charge in [0.05, 0.1) is 6.04 Å². The van der Waals surface area contributed by atoms with Crippen molar-refractivity contribution < 1.29 is 0 Å². The second kappa shape index (κ2) is 5.03. The lowest BCUT2D eigenvalue weighted by Gasteiger charge is -2.29. The van der Waals surface area contributed by atoms with Crippen LogP contribution in [0.15, 0.2) is 40.2 Å². The average molecular weight is 323 g/mol. The molecule has 0 saturated heterocycles. The molecule has 2 aromatic rings. The van der Waals surface area contributed by atoms with Gasteiger partial charge in [-0.2, -0.15) is 0 Å². The predicted octanol–water partition coefficient (Wildman–Crippen LogP) is 3.57. The molecule has 0 amide bonds. The number of halogens is 1. The highest BCUT2D eigenvalue weighted by Crippen LogP contribution is 2.38. The highest BCUT2D eigenvalue weighted by molar-refractivity contribution is 9.10. The van der Waals surface area contributed by atoms with E-state index < -0.39 is 0 Å².